The van der Waals surface area contributed by atoms with Gasteiger partial charge in [0.2, 0.25) is 0 Å². The van der Waals surface area contributed by atoms with Crippen molar-refractivity contribution >= 4 is 17.3 Å². The van der Waals surface area contributed by atoms with E-state index in [2.05, 4.69) is 24.2 Å². The van der Waals surface area contributed by atoms with E-state index >= 15 is 0 Å². The molecule has 3 nitrogen and oxygen atoms in total. The Morgan fingerprint density at radius 3 is 2.94 bits per heavy atom. The zero-order valence-electron chi connectivity index (χ0n) is 11.1. The molecule has 0 aromatic heterocycles. The van der Waals surface area contributed by atoms with Crippen molar-refractivity contribution in [2.24, 2.45) is 0 Å². The molecule has 0 spiro atoms. The summed E-state index contributed by atoms with van der Waals surface area (Å²) in [5.74, 6) is 0.771. The number of nitrogens with one attached hydrogen (secondary N) is 1. The Morgan fingerprint density at radius 1 is 1.50 bits per heavy atom. The van der Waals surface area contributed by atoms with Crippen molar-refractivity contribution in [1.82, 2.24) is 4.90 Å². The monoisotopic (exact) mass is 268 g/mol. The van der Waals surface area contributed by atoms with Crippen LogP contribution in [-0.4, -0.2) is 37.7 Å². The number of benzene rings is 1. The number of anilines is 1. The summed E-state index contributed by atoms with van der Waals surface area (Å²) in [6.07, 6.45) is 2.17. The first-order valence-electron chi connectivity index (χ1n) is 6.56. The lowest BCUT2D eigenvalue weighted by Crippen LogP contribution is -2.23. The van der Waals surface area contributed by atoms with E-state index in [-0.39, 0.29) is 0 Å². The standard InChI is InChI=1S/C14H21ClN2O/c1-3-8-18-14-5-4-11(9-13(14)15)16-12-6-7-17(2)10-12/h4-5,9,12,16H,3,6-8,10H2,1-2H3. The number of likely N-dealkylation sites (tertiary alicyclic amines) is 1. The van der Waals surface area contributed by atoms with Crippen LogP contribution in [0.3, 0.4) is 0 Å². The topological polar surface area (TPSA) is 24.5 Å². The number of hydrogen-bond donors (Lipinski definition) is 1. The van der Waals surface area contributed by atoms with Crippen LogP contribution in [0.15, 0.2) is 18.2 Å². The molecule has 1 aromatic rings. The largest absolute Gasteiger partial charge is 0.492 e. The third kappa shape index (κ3) is 3.53. The molecule has 2 rings (SSSR count). The lowest BCUT2D eigenvalue weighted by Gasteiger charge is -2.15. The smallest absolute Gasteiger partial charge is 0.138 e. The minimum absolute atomic E-state index is 0.522. The van der Waals surface area contributed by atoms with Crippen molar-refractivity contribution in [3.63, 3.8) is 0 Å². The number of halogens is 1. The predicted octanol–water partition coefficient (Wildman–Crippen LogP) is 3.24. The Labute approximate surface area is 114 Å². The minimum Gasteiger partial charge on any atom is -0.492 e. The van der Waals surface area contributed by atoms with E-state index in [0.717, 1.165) is 30.9 Å². The molecule has 1 unspecified atom stereocenters. The van der Waals surface area contributed by atoms with Crippen LogP contribution in [0.5, 0.6) is 5.75 Å². The summed E-state index contributed by atoms with van der Waals surface area (Å²) in [4.78, 5) is 2.33. The zero-order chi connectivity index (χ0) is 13.0. The van der Waals surface area contributed by atoms with Crippen LogP contribution in [0.1, 0.15) is 19.8 Å². The van der Waals surface area contributed by atoms with Crippen molar-refractivity contribution in [3.05, 3.63) is 23.2 Å². The molecule has 0 radical (unpaired) electrons. The fourth-order valence-corrected chi connectivity index (χ4v) is 2.44. The quantitative estimate of drug-likeness (QED) is 0.887. The maximum Gasteiger partial charge on any atom is 0.138 e. The van der Waals surface area contributed by atoms with E-state index in [9.17, 15) is 0 Å². The van der Waals surface area contributed by atoms with E-state index in [4.69, 9.17) is 16.3 Å². The Balaban J connectivity index is 1.95. The van der Waals surface area contributed by atoms with Crippen molar-refractivity contribution in [1.29, 1.82) is 0 Å². The van der Waals surface area contributed by atoms with Gasteiger partial charge in [0.25, 0.3) is 0 Å². The molecule has 0 saturated carbocycles. The normalized spacial score (nSPS) is 20.1. The molecule has 1 aliphatic rings. The Bertz CT molecular complexity index is 397. The second-order valence-electron chi connectivity index (χ2n) is 4.89. The van der Waals surface area contributed by atoms with E-state index in [1.165, 1.54) is 6.42 Å². The molecule has 0 amide bonds. The summed E-state index contributed by atoms with van der Waals surface area (Å²) in [7, 11) is 2.15. The third-order valence-electron chi connectivity index (χ3n) is 3.16. The summed E-state index contributed by atoms with van der Waals surface area (Å²) < 4.78 is 5.56. The van der Waals surface area contributed by atoms with Crippen LogP contribution in [0.4, 0.5) is 5.69 Å². The van der Waals surface area contributed by atoms with E-state index in [1.807, 2.05) is 18.2 Å². The maximum absolute atomic E-state index is 6.20. The number of ether oxygens (including phenoxy) is 1. The highest BCUT2D eigenvalue weighted by Crippen LogP contribution is 2.28. The molecule has 1 saturated heterocycles. The molecule has 1 aliphatic heterocycles. The number of hydrogen-bond acceptors (Lipinski definition) is 3. The van der Waals surface area contributed by atoms with Gasteiger partial charge >= 0.3 is 0 Å². The highest BCUT2D eigenvalue weighted by atomic mass is 35.5. The van der Waals surface area contributed by atoms with E-state index < -0.39 is 0 Å². The van der Waals surface area contributed by atoms with Crippen LogP contribution < -0.4 is 10.1 Å². The number of likely N-dealkylation sites (N-methyl/N-ethyl adjacent to an activating group) is 1. The minimum atomic E-state index is 0.522. The zero-order valence-corrected chi connectivity index (χ0v) is 11.8. The molecule has 0 aliphatic carbocycles. The van der Waals surface area contributed by atoms with Gasteiger partial charge in [0.15, 0.2) is 0 Å². The SMILES string of the molecule is CCCOc1ccc(NC2CCN(C)C2)cc1Cl. The van der Waals surface area contributed by atoms with Crippen LogP contribution in [0, 0.1) is 0 Å². The Morgan fingerprint density at radius 2 is 2.33 bits per heavy atom. The number of nitrogens with zero attached hydrogens (tertiary/aromatic N) is 1. The highest BCUT2D eigenvalue weighted by molar-refractivity contribution is 6.32. The summed E-state index contributed by atoms with van der Waals surface area (Å²) >= 11 is 6.20. The highest BCUT2D eigenvalue weighted by Gasteiger charge is 2.19. The van der Waals surface area contributed by atoms with Crippen molar-refractivity contribution in [2.45, 2.75) is 25.8 Å². The molecule has 1 fully saturated rings. The second-order valence-corrected chi connectivity index (χ2v) is 5.29. The van der Waals surface area contributed by atoms with Gasteiger partial charge in [-0.15, -0.1) is 0 Å². The summed E-state index contributed by atoms with van der Waals surface area (Å²) in [5, 5.41) is 4.19. The van der Waals surface area contributed by atoms with Crippen molar-refractivity contribution in [3.8, 4) is 5.75 Å². The van der Waals surface area contributed by atoms with Gasteiger partial charge in [-0.05, 0) is 44.6 Å². The molecular formula is C14H21ClN2O. The van der Waals surface area contributed by atoms with Gasteiger partial charge in [0.05, 0.1) is 11.6 Å². The summed E-state index contributed by atoms with van der Waals surface area (Å²) in [5.41, 5.74) is 1.07. The predicted molar refractivity (Wildman–Crippen MR) is 76.8 cm³/mol. The molecular weight excluding hydrogens is 248 g/mol. The van der Waals surface area contributed by atoms with Crippen LogP contribution >= 0.6 is 11.6 Å². The summed E-state index contributed by atoms with van der Waals surface area (Å²) in [6, 6.07) is 6.45. The van der Waals surface area contributed by atoms with E-state index in [1.54, 1.807) is 0 Å². The fraction of sp³-hybridized carbons (Fsp3) is 0.571. The lowest BCUT2D eigenvalue weighted by atomic mass is 10.2. The van der Waals surface area contributed by atoms with Gasteiger partial charge in [-0.25, -0.2) is 0 Å². The third-order valence-corrected chi connectivity index (χ3v) is 3.45. The van der Waals surface area contributed by atoms with E-state index in [0.29, 0.717) is 17.7 Å². The van der Waals surface area contributed by atoms with Crippen LogP contribution in [-0.2, 0) is 0 Å². The molecule has 1 atom stereocenters. The first kappa shape index (κ1) is 13.5. The van der Waals surface area contributed by atoms with Gasteiger partial charge in [-0.3, -0.25) is 0 Å². The number of rotatable bonds is 5. The molecule has 1 heterocycles. The maximum atomic E-state index is 6.20. The van der Waals surface area contributed by atoms with Gasteiger partial charge in [0, 0.05) is 18.3 Å². The summed E-state index contributed by atoms with van der Waals surface area (Å²) in [6.45, 7) is 5.04. The van der Waals surface area contributed by atoms with Crippen molar-refractivity contribution < 1.29 is 4.74 Å². The Kier molecular flexibility index (Phi) is 4.72. The van der Waals surface area contributed by atoms with Gasteiger partial charge in [0.1, 0.15) is 5.75 Å². The van der Waals surface area contributed by atoms with Crippen LogP contribution in [0.25, 0.3) is 0 Å². The second kappa shape index (κ2) is 6.30. The average molecular weight is 269 g/mol. The van der Waals surface area contributed by atoms with Gasteiger partial charge in [-0.2, -0.15) is 0 Å². The van der Waals surface area contributed by atoms with Crippen molar-refractivity contribution in [2.75, 3.05) is 32.1 Å². The lowest BCUT2D eigenvalue weighted by molar-refractivity contribution is 0.317. The molecule has 18 heavy (non-hydrogen) atoms. The fourth-order valence-electron chi connectivity index (χ4n) is 2.21. The molecule has 0 bridgehead atoms. The van der Waals surface area contributed by atoms with Crippen LogP contribution in [0.2, 0.25) is 5.02 Å². The van der Waals surface area contributed by atoms with Gasteiger partial charge < -0.3 is 15.0 Å². The molecule has 1 N–H and O–H groups in total. The first-order valence-corrected chi connectivity index (χ1v) is 6.94. The average Bonchev–Trinajstić information content (AvgIpc) is 2.74. The molecule has 4 heteroatoms. The Hall–Kier alpha value is -0.930. The first-order chi connectivity index (χ1) is 8.69. The molecule has 1 aromatic carbocycles. The van der Waals surface area contributed by atoms with Gasteiger partial charge in [-0.1, -0.05) is 18.5 Å². The molecule has 100 valence electrons.